The molecule has 1 aliphatic rings. The molecule has 1 fully saturated rings. The van der Waals surface area contributed by atoms with Gasteiger partial charge in [0.2, 0.25) is 5.91 Å². The molecule has 13 heavy (non-hydrogen) atoms. The van der Waals surface area contributed by atoms with Crippen LogP contribution >= 0.6 is 0 Å². The van der Waals surface area contributed by atoms with Gasteiger partial charge in [0.15, 0.2) is 0 Å². The molecule has 0 aromatic carbocycles. The number of likely N-dealkylation sites (tertiary alicyclic amines) is 1. The van der Waals surface area contributed by atoms with Gasteiger partial charge in [-0.1, -0.05) is 0 Å². The Labute approximate surface area is 79.7 Å². The summed E-state index contributed by atoms with van der Waals surface area (Å²) in [5.74, 6) is -0.0606. The fraction of sp³-hybridized carbons (Fsp3) is 0.889. The lowest BCUT2D eigenvalue weighted by Crippen LogP contribution is -2.32. The van der Waals surface area contributed by atoms with Gasteiger partial charge in [-0.25, -0.2) is 0 Å². The number of hydrogen-bond acceptors (Lipinski definition) is 3. The molecule has 0 aromatic rings. The van der Waals surface area contributed by atoms with Gasteiger partial charge in [0, 0.05) is 19.6 Å². The molecule has 0 radical (unpaired) electrons. The Morgan fingerprint density at radius 3 is 2.77 bits per heavy atom. The van der Waals surface area contributed by atoms with Crippen LogP contribution in [0.4, 0.5) is 0 Å². The highest BCUT2D eigenvalue weighted by molar-refractivity contribution is 5.77. The Morgan fingerprint density at radius 1 is 1.62 bits per heavy atom. The van der Waals surface area contributed by atoms with E-state index in [1.54, 1.807) is 0 Å². The van der Waals surface area contributed by atoms with E-state index < -0.39 is 0 Å². The van der Waals surface area contributed by atoms with Crippen molar-refractivity contribution in [2.75, 3.05) is 40.3 Å². The van der Waals surface area contributed by atoms with E-state index in [9.17, 15) is 4.79 Å². The number of primary amides is 1. The van der Waals surface area contributed by atoms with Gasteiger partial charge in [-0.2, -0.15) is 0 Å². The van der Waals surface area contributed by atoms with E-state index in [2.05, 4.69) is 23.9 Å². The van der Waals surface area contributed by atoms with E-state index in [0.29, 0.717) is 0 Å². The van der Waals surface area contributed by atoms with Crippen LogP contribution in [0.5, 0.6) is 0 Å². The Balaban J connectivity index is 2.21. The van der Waals surface area contributed by atoms with E-state index in [-0.39, 0.29) is 11.8 Å². The smallest absolute Gasteiger partial charge is 0.221 e. The molecule has 1 amide bonds. The number of likely N-dealkylation sites (N-methyl/N-ethyl adjacent to an activating group) is 1. The van der Waals surface area contributed by atoms with Crippen LogP contribution in [0.25, 0.3) is 0 Å². The fourth-order valence-corrected chi connectivity index (χ4v) is 1.61. The first kappa shape index (κ1) is 10.5. The number of nitrogens with two attached hydrogens (primary N) is 1. The lowest BCUT2D eigenvalue weighted by atomic mass is 10.1. The van der Waals surface area contributed by atoms with Crippen molar-refractivity contribution in [3.8, 4) is 0 Å². The molecule has 2 N–H and O–H groups in total. The van der Waals surface area contributed by atoms with Gasteiger partial charge in [-0.05, 0) is 27.1 Å². The van der Waals surface area contributed by atoms with Gasteiger partial charge in [-0.3, -0.25) is 4.79 Å². The number of rotatable bonds is 4. The molecule has 1 saturated heterocycles. The second-order valence-corrected chi connectivity index (χ2v) is 3.99. The second-order valence-electron chi connectivity index (χ2n) is 3.99. The minimum absolute atomic E-state index is 0.0853. The lowest BCUT2D eigenvalue weighted by molar-refractivity contribution is -0.121. The molecule has 4 nitrogen and oxygen atoms in total. The first-order valence-corrected chi connectivity index (χ1v) is 4.76. The molecular formula is C9H19N3O. The maximum atomic E-state index is 10.9. The van der Waals surface area contributed by atoms with Crippen molar-refractivity contribution in [1.82, 2.24) is 9.80 Å². The summed E-state index contributed by atoms with van der Waals surface area (Å²) in [5, 5.41) is 0. The standard InChI is InChI=1S/C9H19N3O/c1-11(2)5-6-12-4-3-8(7-12)9(10)13/h8H,3-7H2,1-2H3,(H2,10,13). The second kappa shape index (κ2) is 4.58. The number of carbonyl (C=O) groups excluding carboxylic acids is 1. The van der Waals surface area contributed by atoms with Crippen molar-refractivity contribution >= 4 is 5.91 Å². The van der Waals surface area contributed by atoms with Crippen LogP contribution < -0.4 is 5.73 Å². The zero-order valence-electron chi connectivity index (χ0n) is 8.49. The molecule has 0 bridgehead atoms. The Hall–Kier alpha value is -0.610. The van der Waals surface area contributed by atoms with Crippen LogP contribution in [-0.2, 0) is 4.79 Å². The maximum absolute atomic E-state index is 10.9. The van der Waals surface area contributed by atoms with E-state index in [4.69, 9.17) is 5.73 Å². The van der Waals surface area contributed by atoms with Crippen molar-refractivity contribution in [3.05, 3.63) is 0 Å². The predicted octanol–water partition coefficient (Wildman–Crippen LogP) is -0.645. The third kappa shape index (κ3) is 3.32. The van der Waals surface area contributed by atoms with Crippen LogP contribution in [0.15, 0.2) is 0 Å². The molecule has 76 valence electrons. The summed E-state index contributed by atoms with van der Waals surface area (Å²) in [7, 11) is 4.11. The quantitative estimate of drug-likeness (QED) is 0.633. The van der Waals surface area contributed by atoms with Gasteiger partial charge in [0.25, 0.3) is 0 Å². The molecule has 0 spiro atoms. The minimum Gasteiger partial charge on any atom is -0.369 e. The Morgan fingerprint density at radius 2 is 2.31 bits per heavy atom. The van der Waals surface area contributed by atoms with E-state index in [1.165, 1.54) is 0 Å². The van der Waals surface area contributed by atoms with E-state index in [0.717, 1.165) is 32.6 Å². The van der Waals surface area contributed by atoms with Gasteiger partial charge < -0.3 is 15.5 Å². The highest BCUT2D eigenvalue weighted by atomic mass is 16.1. The molecule has 1 heterocycles. The molecule has 0 aromatic heterocycles. The Bertz CT molecular complexity index is 182. The van der Waals surface area contributed by atoms with Crippen LogP contribution in [0.3, 0.4) is 0 Å². The first-order valence-electron chi connectivity index (χ1n) is 4.76. The zero-order valence-corrected chi connectivity index (χ0v) is 8.49. The minimum atomic E-state index is -0.146. The summed E-state index contributed by atoms with van der Waals surface area (Å²) in [6, 6.07) is 0. The van der Waals surface area contributed by atoms with Gasteiger partial charge in [0.1, 0.15) is 0 Å². The molecule has 4 heteroatoms. The summed E-state index contributed by atoms with van der Waals surface area (Å²) in [6.45, 7) is 3.95. The molecule has 0 saturated carbocycles. The van der Waals surface area contributed by atoms with Gasteiger partial charge >= 0.3 is 0 Å². The van der Waals surface area contributed by atoms with Gasteiger partial charge in [0.05, 0.1) is 5.92 Å². The predicted molar refractivity (Wildman–Crippen MR) is 52.3 cm³/mol. The van der Waals surface area contributed by atoms with Crippen LogP contribution in [-0.4, -0.2) is 56.0 Å². The summed E-state index contributed by atoms with van der Waals surface area (Å²) in [4.78, 5) is 15.3. The van der Waals surface area contributed by atoms with Gasteiger partial charge in [-0.15, -0.1) is 0 Å². The third-order valence-corrected chi connectivity index (χ3v) is 2.54. The first-order chi connectivity index (χ1) is 6.09. The van der Waals surface area contributed by atoms with E-state index in [1.807, 2.05) is 0 Å². The number of carbonyl (C=O) groups is 1. The molecule has 0 aliphatic carbocycles. The Kier molecular flexibility index (Phi) is 3.69. The summed E-state index contributed by atoms with van der Waals surface area (Å²) >= 11 is 0. The summed E-state index contributed by atoms with van der Waals surface area (Å²) < 4.78 is 0. The molecule has 1 unspecified atom stereocenters. The fourth-order valence-electron chi connectivity index (χ4n) is 1.61. The van der Waals surface area contributed by atoms with Crippen molar-refractivity contribution in [1.29, 1.82) is 0 Å². The number of amides is 1. The maximum Gasteiger partial charge on any atom is 0.221 e. The number of hydrogen-bond donors (Lipinski definition) is 1. The topological polar surface area (TPSA) is 49.6 Å². The average Bonchev–Trinajstić information content (AvgIpc) is 2.48. The molecule has 1 aliphatic heterocycles. The van der Waals surface area contributed by atoms with E-state index >= 15 is 0 Å². The van der Waals surface area contributed by atoms with Crippen molar-refractivity contribution < 1.29 is 4.79 Å². The normalized spacial score (nSPS) is 24.1. The van der Waals surface area contributed by atoms with Crippen LogP contribution in [0, 0.1) is 5.92 Å². The van der Waals surface area contributed by atoms with Crippen molar-refractivity contribution in [3.63, 3.8) is 0 Å². The van der Waals surface area contributed by atoms with Crippen molar-refractivity contribution in [2.24, 2.45) is 11.7 Å². The molecular weight excluding hydrogens is 166 g/mol. The summed E-state index contributed by atoms with van der Waals surface area (Å²) in [5.41, 5.74) is 5.24. The van der Waals surface area contributed by atoms with Crippen molar-refractivity contribution in [2.45, 2.75) is 6.42 Å². The monoisotopic (exact) mass is 185 g/mol. The highest BCUT2D eigenvalue weighted by Crippen LogP contribution is 2.14. The molecule has 1 rings (SSSR count). The lowest BCUT2D eigenvalue weighted by Gasteiger charge is -2.18. The zero-order chi connectivity index (χ0) is 9.84. The molecule has 1 atom stereocenters. The largest absolute Gasteiger partial charge is 0.369 e. The summed E-state index contributed by atoms with van der Waals surface area (Å²) in [6.07, 6.45) is 0.933. The average molecular weight is 185 g/mol. The number of nitrogens with zero attached hydrogens (tertiary/aromatic N) is 2. The highest BCUT2D eigenvalue weighted by Gasteiger charge is 2.25. The van der Waals surface area contributed by atoms with Crippen LogP contribution in [0.1, 0.15) is 6.42 Å². The third-order valence-electron chi connectivity index (χ3n) is 2.54. The van der Waals surface area contributed by atoms with Crippen LogP contribution in [0.2, 0.25) is 0 Å². The SMILES string of the molecule is CN(C)CCN1CCC(C(N)=O)C1.